The van der Waals surface area contributed by atoms with Crippen molar-refractivity contribution in [1.29, 1.82) is 0 Å². The summed E-state index contributed by atoms with van der Waals surface area (Å²) in [4.78, 5) is 0. The summed E-state index contributed by atoms with van der Waals surface area (Å²) in [6.45, 7) is 2.75. The zero-order valence-electron chi connectivity index (χ0n) is 22.9. The Morgan fingerprint density at radius 3 is 0.810 bits per heavy atom. The molecule has 0 spiro atoms. The van der Waals surface area contributed by atoms with Crippen LogP contribution in [0.4, 0.5) is 0 Å². The molecule has 24 heteroatoms. The van der Waals surface area contributed by atoms with Crippen LogP contribution in [0.15, 0.2) is 0 Å². The highest BCUT2D eigenvalue weighted by Crippen LogP contribution is 2.62. The predicted octanol–water partition coefficient (Wildman–Crippen LogP) is -0.0862. The summed E-state index contributed by atoms with van der Waals surface area (Å²) in [5, 5.41) is 0. The molecular formula is C18H32O18P2S4. The second kappa shape index (κ2) is 10.8. The molecule has 0 saturated carbocycles. The topological polar surface area (TPSA) is 245 Å². The average Bonchev–Trinajstić information content (AvgIpc) is 3.40. The maximum Gasteiger partial charge on any atom is 0.332 e. The zero-order valence-corrected chi connectivity index (χ0v) is 28.0. The van der Waals surface area contributed by atoms with Crippen LogP contribution in [0.1, 0.15) is 27.7 Å². The van der Waals surface area contributed by atoms with Gasteiger partial charge in [-0.1, -0.05) is 0 Å². The Balaban J connectivity index is 1.65. The van der Waals surface area contributed by atoms with Crippen molar-refractivity contribution in [2.24, 2.45) is 0 Å². The summed E-state index contributed by atoms with van der Waals surface area (Å²) in [6, 6.07) is 0. The number of rotatable bonds is 11. The lowest BCUT2D eigenvalue weighted by atomic mass is 10.2. The lowest BCUT2D eigenvalue weighted by Gasteiger charge is -2.35. The maximum absolute atomic E-state index is 14.2. The average molecular weight is 727 g/mol. The van der Waals surface area contributed by atoms with Crippen molar-refractivity contribution in [2.45, 2.75) is 50.1 Å². The Hall–Kier alpha value is -0.0600. The van der Waals surface area contributed by atoms with Crippen LogP contribution < -0.4 is 0 Å². The normalized spacial score (nSPS) is 41.3. The third kappa shape index (κ3) is 8.80. The highest BCUT2D eigenvalue weighted by molar-refractivity contribution is 7.87. The minimum absolute atomic E-state index is 0.570. The van der Waals surface area contributed by atoms with E-state index in [1.165, 1.54) is 27.7 Å². The Kier molecular flexibility index (Phi) is 8.91. The first-order valence-electron chi connectivity index (χ1n) is 12.2. The maximum atomic E-state index is 14.2. The Morgan fingerprint density at radius 1 is 0.476 bits per heavy atom. The van der Waals surface area contributed by atoms with Crippen molar-refractivity contribution in [3.63, 3.8) is 0 Å². The quantitative estimate of drug-likeness (QED) is 0.199. The van der Waals surface area contributed by atoms with E-state index in [2.05, 4.69) is 0 Å². The molecule has 246 valence electrons. The third-order valence-electron chi connectivity index (χ3n) is 6.19. The molecule has 0 N–H and O–H groups in total. The molecule has 4 aliphatic heterocycles. The molecule has 0 aliphatic carbocycles. The molecule has 18 nitrogen and oxygen atoms in total. The summed E-state index contributed by atoms with van der Waals surface area (Å²) in [5.74, 6) is -2.98. The molecule has 4 aliphatic rings. The van der Waals surface area contributed by atoms with Crippen molar-refractivity contribution in [2.75, 3.05) is 61.8 Å². The van der Waals surface area contributed by atoms with Gasteiger partial charge in [-0.25, -0.2) is 0 Å². The monoisotopic (exact) mass is 726 g/mol. The van der Waals surface area contributed by atoms with E-state index in [1.54, 1.807) is 0 Å². The van der Waals surface area contributed by atoms with Crippen molar-refractivity contribution < 1.29 is 77.6 Å². The molecule has 0 aromatic heterocycles. The fraction of sp³-hybridized carbons (Fsp3) is 1.00. The first-order chi connectivity index (χ1) is 18.7. The van der Waals surface area contributed by atoms with Crippen LogP contribution in [0.5, 0.6) is 0 Å². The first kappa shape index (κ1) is 34.8. The Bertz CT molecular complexity index is 1410. The van der Waals surface area contributed by atoms with Crippen LogP contribution in [0.25, 0.3) is 0 Å². The molecule has 42 heavy (non-hydrogen) atoms. The summed E-state index contributed by atoms with van der Waals surface area (Å²) in [6.07, 6.45) is -1.69. The molecule has 0 bridgehead atoms. The largest absolute Gasteiger partial charge is 0.332 e. The van der Waals surface area contributed by atoms with Crippen LogP contribution in [-0.4, -0.2) is 118 Å². The first-order valence-corrected chi connectivity index (χ1v) is 21.9. The summed E-state index contributed by atoms with van der Waals surface area (Å²) in [5.41, 5.74) is -6.97. The number of hydrogen-bond donors (Lipinski definition) is 0. The second-order valence-electron chi connectivity index (χ2n) is 11.7. The molecular weight excluding hydrogens is 694 g/mol. The van der Waals surface area contributed by atoms with Gasteiger partial charge < -0.3 is 0 Å². The van der Waals surface area contributed by atoms with Gasteiger partial charge in [-0.2, -0.15) is 33.7 Å². The van der Waals surface area contributed by atoms with Gasteiger partial charge in [0.2, 0.25) is 0 Å². The van der Waals surface area contributed by atoms with E-state index in [4.69, 9.17) is 34.8 Å². The molecule has 4 unspecified atom stereocenters. The van der Waals surface area contributed by atoms with Gasteiger partial charge in [0.25, 0.3) is 40.5 Å². The van der Waals surface area contributed by atoms with Crippen molar-refractivity contribution in [3.8, 4) is 0 Å². The van der Waals surface area contributed by atoms with E-state index in [9.17, 15) is 42.8 Å². The fourth-order valence-electron chi connectivity index (χ4n) is 4.71. The Labute approximate surface area is 244 Å². The van der Waals surface area contributed by atoms with Gasteiger partial charge in [0.15, 0.2) is 0 Å². The third-order valence-corrected chi connectivity index (χ3v) is 16.7. The van der Waals surface area contributed by atoms with Crippen LogP contribution in [0.2, 0.25) is 0 Å². The standard InChI is InChI=1S/C18H32O18P2S4/c1-15(7-29-39(21,22)11-15)33-37(19,34-16(2)8-30-40(23,24)12-16)5-6-38(20,35-17(3)9-31-41(25,26)13-17)36-18(4)10-32-42(27,28)14-18/h5-14H2,1-4H3. The molecule has 0 aromatic carbocycles. The van der Waals surface area contributed by atoms with Crippen molar-refractivity contribution in [3.05, 3.63) is 0 Å². The minimum Gasteiger partial charge on any atom is -0.298 e. The molecule has 0 amide bonds. The van der Waals surface area contributed by atoms with Crippen LogP contribution >= 0.6 is 15.2 Å². The van der Waals surface area contributed by atoms with Crippen LogP contribution in [0.3, 0.4) is 0 Å². The van der Waals surface area contributed by atoms with E-state index in [0.29, 0.717) is 0 Å². The van der Waals surface area contributed by atoms with Crippen molar-refractivity contribution in [1.82, 2.24) is 0 Å². The molecule has 4 heterocycles. The van der Waals surface area contributed by atoms with Gasteiger partial charge in [0, 0.05) is 0 Å². The van der Waals surface area contributed by atoms with Gasteiger partial charge in [0.05, 0.1) is 38.8 Å². The summed E-state index contributed by atoms with van der Waals surface area (Å²) < 4.78 is 166. The number of hydrogen-bond acceptors (Lipinski definition) is 18. The highest BCUT2D eigenvalue weighted by Gasteiger charge is 2.55. The van der Waals surface area contributed by atoms with Crippen molar-refractivity contribution >= 4 is 55.7 Å². The molecule has 0 aromatic rings. The summed E-state index contributed by atoms with van der Waals surface area (Å²) in [7, 11) is -25.6. The Morgan fingerprint density at radius 2 is 0.667 bits per heavy atom. The highest BCUT2D eigenvalue weighted by atomic mass is 32.2. The van der Waals surface area contributed by atoms with E-state index >= 15 is 0 Å². The molecule has 4 saturated heterocycles. The minimum atomic E-state index is -4.66. The van der Waals surface area contributed by atoms with Gasteiger partial charge in [-0.15, -0.1) is 0 Å². The fourth-order valence-corrected chi connectivity index (χ4v) is 16.2. The SMILES string of the molecule is CC1(OP(=O)(CCP(=O)(OC2(C)COS(=O)(=O)C2)OC2(C)COS(=O)(=O)C2)OC2(C)COS(=O)(=O)C2)COS(=O)(=O)C1. The van der Waals surface area contributed by atoms with E-state index < -0.39 is 140 Å². The van der Waals surface area contributed by atoms with Gasteiger partial charge in [-0.3, -0.25) is 44.0 Å². The summed E-state index contributed by atoms with van der Waals surface area (Å²) >= 11 is 0. The predicted molar refractivity (Wildman–Crippen MR) is 142 cm³/mol. The van der Waals surface area contributed by atoms with E-state index in [-0.39, 0.29) is 0 Å². The van der Waals surface area contributed by atoms with Crippen LogP contribution in [-0.2, 0) is 84.4 Å². The van der Waals surface area contributed by atoms with Crippen LogP contribution in [0, 0.1) is 0 Å². The molecule has 4 rings (SSSR count). The molecule has 0 radical (unpaired) electrons. The van der Waals surface area contributed by atoms with E-state index in [1.807, 2.05) is 0 Å². The second-order valence-corrected chi connectivity index (χ2v) is 22.3. The van der Waals surface area contributed by atoms with Gasteiger partial charge in [-0.05, 0) is 27.7 Å². The molecule has 4 fully saturated rings. The lowest BCUT2D eigenvalue weighted by molar-refractivity contribution is 0.0121. The smallest absolute Gasteiger partial charge is 0.298 e. The lowest BCUT2D eigenvalue weighted by Crippen LogP contribution is -2.39. The molecule has 4 atom stereocenters. The van der Waals surface area contributed by atoms with E-state index in [0.717, 1.165) is 0 Å². The van der Waals surface area contributed by atoms with Gasteiger partial charge in [0.1, 0.15) is 45.4 Å². The zero-order chi connectivity index (χ0) is 31.7. The van der Waals surface area contributed by atoms with Gasteiger partial charge >= 0.3 is 15.2 Å².